The normalized spacial score (nSPS) is 11.3. The van der Waals surface area contributed by atoms with E-state index >= 15 is 0 Å². The lowest BCUT2D eigenvalue weighted by atomic mass is 10.1. The quantitative estimate of drug-likeness (QED) is 0.847. The molecule has 1 radical (unpaired) electrons. The molecule has 2 rings (SSSR count). The van der Waals surface area contributed by atoms with Crippen LogP contribution >= 0.6 is 0 Å². The fraction of sp³-hybridized carbons (Fsp3) is 0.0909. The zero-order chi connectivity index (χ0) is 13.2. The molecule has 93 valence electrons. The molecule has 2 aromatic rings. The summed E-state index contributed by atoms with van der Waals surface area (Å²) < 4.78 is 44.1. The minimum atomic E-state index is -4.73. The molecule has 7 heteroatoms. The molecule has 18 heavy (non-hydrogen) atoms. The maximum atomic E-state index is 11.9. The molecular formula is C11H5F3NO3. The highest BCUT2D eigenvalue weighted by molar-refractivity contribution is 5.74. The van der Waals surface area contributed by atoms with Gasteiger partial charge in [-0.2, -0.15) is 0 Å². The Morgan fingerprint density at radius 1 is 1.22 bits per heavy atom. The third kappa shape index (κ3) is 2.88. The maximum Gasteiger partial charge on any atom is 0.573 e. The Kier molecular flexibility index (Phi) is 3.05. The summed E-state index contributed by atoms with van der Waals surface area (Å²) in [4.78, 5) is 10.3. The van der Waals surface area contributed by atoms with Crippen LogP contribution in [0.15, 0.2) is 34.9 Å². The number of hydrogen-bond donors (Lipinski definition) is 0. The number of carbonyl (C=O) groups excluding carboxylic acids is 1. The van der Waals surface area contributed by atoms with Crippen molar-refractivity contribution in [1.29, 1.82) is 0 Å². The number of hydrogen-bond acceptors (Lipinski definition) is 4. The standard InChI is InChI=1S/C11H5F3NO3/c12-11(13,14)17-8-3-1-7(2-4-8)10-5-9(6-16)18-15-10/h1-5H. The van der Waals surface area contributed by atoms with Gasteiger partial charge in [0.25, 0.3) is 6.29 Å². The van der Waals surface area contributed by atoms with Gasteiger partial charge in [0, 0.05) is 11.6 Å². The van der Waals surface area contributed by atoms with Crippen LogP contribution in [0.3, 0.4) is 0 Å². The van der Waals surface area contributed by atoms with E-state index in [1.54, 1.807) is 0 Å². The molecule has 0 atom stereocenters. The summed E-state index contributed by atoms with van der Waals surface area (Å²) >= 11 is 0. The van der Waals surface area contributed by atoms with Gasteiger partial charge in [0.1, 0.15) is 11.4 Å². The van der Waals surface area contributed by atoms with E-state index in [2.05, 4.69) is 14.4 Å². The minimum absolute atomic E-state index is 0.0828. The molecular weight excluding hydrogens is 251 g/mol. The average Bonchev–Trinajstić information content (AvgIpc) is 2.76. The van der Waals surface area contributed by atoms with E-state index in [0.717, 1.165) is 12.1 Å². The van der Waals surface area contributed by atoms with Crippen molar-refractivity contribution in [2.45, 2.75) is 6.36 Å². The second-order valence-corrected chi connectivity index (χ2v) is 3.25. The molecule has 0 aliphatic heterocycles. The lowest BCUT2D eigenvalue weighted by molar-refractivity contribution is -0.274. The molecule has 0 aliphatic carbocycles. The number of halogens is 3. The van der Waals surface area contributed by atoms with E-state index in [1.807, 2.05) is 0 Å². The summed E-state index contributed by atoms with van der Waals surface area (Å²) in [5, 5.41) is 3.56. The number of nitrogens with zero attached hydrogens (tertiary/aromatic N) is 1. The summed E-state index contributed by atoms with van der Waals surface area (Å²) in [5.41, 5.74) is 0.821. The van der Waals surface area contributed by atoms with Crippen molar-refractivity contribution in [1.82, 2.24) is 5.16 Å². The van der Waals surface area contributed by atoms with Crippen LogP contribution in [-0.2, 0) is 4.79 Å². The van der Waals surface area contributed by atoms with Crippen molar-refractivity contribution in [3.8, 4) is 17.0 Å². The Morgan fingerprint density at radius 2 is 1.89 bits per heavy atom. The first-order chi connectivity index (χ1) is 8.48. The average molecular weight is 256 g/mol. The Morgan fingerprint density at radius 3 is 2.39 bits per heavy atom. The van der Waals surface area contributed by atoms with Crippen LogP contribution < -0.4 is 4.74 Å². The highest BCUT2D eigenvalue weighted by Gasteiger charge is 2.30. The SMILES string of the molecule is O=[C]c1cc(-c2ccc(OC(F)(F)F)cc2)no1. The first-order valence-electron chi connectivity index (χ1n) is 4.69. The Balaban J connectivity index is 2.19. The number of ether oxygens (including phenoxy) is 1. The van der Waals surface area contributed by atoms with Crippen molar-refractivity contribution in [2.75, 3.05) is 0 Å². The minimum Gasteiger partial charge on any atom is -0.406 e. The van der Waals surface area contributed by atoms with Gasteiger partial charge in [-0.25, -0.2) is 0 Å². The predicted octanol–water partition coefficient (Wildman–Crippen LogP) is 2.70. The number of benzene rings is 1. The van der Waals surface area contributed by atoms with Crippen molar-refractivity contribution < 1.29 is 27.2 Å². The Labute approximate surface area is 99.0 Å². The second-order valence-electron chi connectivity index (χ2n) is 3.25. The van der Waals surface area contributed by atoms with Crippen LogP contribution in [0.25, 0.3) is 11.3 Å². The summed E-state index contributed by atoms with van der Waals surface area (Å²) in [6, 6.07) is 6.34. The first-order valence-corrected chi connectivity index (χ1v) is 4.69. The first kappa shape index (κ1) is 12.2. The molecule has 0 aliphatic rings. The van der Waals surface area contributed by atoms with Crippen molar-refractivity contribution in [3.63, 3.8) is 0 Å². The summed E-state index contributed by atoms with van der Waals surface area (Å²) in [7, 11) is 0. The molecule has 0 saturated carbocycles. The van der Waals surface area contributed by atoms with Crippen LogP contribution in [0.1, 0.15) is 5.76 Å². The molecule has 0 fully saturated rings. The Hall–Kier alpha value is -2.31. The van der Waals surface area contributed by atoms with Crippen LogP contribution in [0, 0.1) is 0 Å². The van der Waals surface area contributed by atoms with E-state index in [0.29, 0.717) is 11.3 Å². The number of rotatable bonds is 3. The summed E-state index contributed by atoms with van der Waals surface area (Å²) in [5.74, 6) is -0.419. The van der Waals surface area contributed by atoms with Gasteiger partial charge in [-0.1, -0.05) is 5.16 Å². The maximum absolute atomic E-state index is 11.9. The van der Waals surface area contributed by atoms with Crippen molar-refractivity contribution in [2.24, 2.45) is 0 Å². The molecule has 1 aromatic carbocycles. The van der Waals surface area contributed by atoms with Gasteiger partial charge in [-0.05, 0) is 24.3 Å². The van der Waals surface area contributed by atoms with Crippen LogP contribution in [-0.4, -0.2) is 17.8 Å². The fourth-order valence-electron chi connectivity index (χ4n) is 1.29. The summed E-state index contributed by atoms with van der Waals surface area (Å²) in [6.07, 6.45) is -3.22. The molecule has 1 aromatic heterocycles. The second kappa shape index (κ2) is 4.52. The lowest BCUT2D eigenvalue weighted by Crippen LogP contribution is -2.16. The van der Waals surface area contributed by atoms with Gasteiger partial charge in [0.05, 0.1) is 0 Å². The molecule has 0 saturated heterocycles. The van der Waals surface area contributed by atoms with Gasteiger partial charge in [0.15, 0.2) is 0 Å². The zero-order valence-corrected chi connectivity index (χ0v) is 8.69. The molecule has 4 nitrogen and oxygen atoms in total. The van der Waals surface area contributed by atoms with Gasteiger partial charge in [-0.3, -0.25) is 4.79 Å². The monoisotopic (exact) mass is 256 g/mol. The predicted molar refractivity (Wildman–Crippen MR) is 53.4 cm³/mol. The highest BCUT2D eigenvalue weighted by atomic mass is 19.4. The number of aromatic nitrogens is 1. The molecule has 0 spiro atoms. The smallest absolute Gasteiger partial charge is 0.406 e. The molecule has 0 amide bonds. The van der Waals surface area contributed by atoms with Gasteiger partial charge in [-0.15, -0.1) is 13.2 Å². The van der Waals surface area contributed by atoms with E-state index < -0.39 is 6.36 Å². The third-order valence-electron chi connectivity index (χ3n) is 1.99. The van der Waals surface area contributed by atoms with Gasteiger partial charge >= 0.3 is 6.36 Å². The van der Waals surface area contributed by atoms with Crippen LogP contribution in [0.4, 0.5) is 13.2 Å². The summed E-state index contributed by atoms with van der Waals surface area (Å²) in [6.45, 7) is 0. The molecule has 1 heterocycles. The zero-order valence-electron chi connectivity index (χ0n) is 8.69. The van der Waals surface area contributed by atoms with Crippen LogP contribution in [0.2, 0.25) is 0 Å². The van der Waals surface area contributed by atoms with Gasteiger partial charge < -0.3 is 9.26 Å². The Bertz CT molecular complexity index is 545. The van der Waals surface area contributed by atoms with Crippen LogP contribution in [0.5, 0.6) is 5.75 Å². The van der Waals surface area contributed by atoms with E-state index in [9.17, 15) is 18.0 Å². The molecule has 0 N–H and O–H groups in total. The molecule has 0 unspecified atom stereocenters. The van der Waals surface area contributed by atoms with E-state index in [4.69, 9.17) is 0 Å². The fourth-order valence-corrected chi connectivity index (χ4v) is 1.29. The van der Waals surface area contributed by atoms with E-state index in [-0.39, 0.29) is 11.5 Å². The van der Waals surface area contributed by atoms with E-state index in [1.165, 1.54) is 24.5 Å². The number of alkyl halides is 3. The highest BCUT2D eigenvalue weighted by Crippen LogP contribution is 2.26. The van der Waals surface area contributed by atoms with Gasteiger partial charge in [0.2, 0.25) is 5.76 Å². The molecule has 0 bridgehead atoms. The largest absolute Gasteiger partial charge is 0.573 e. The van der Waals surface area contributed by atoms with Crippen molar-refractivity contribution in [3.05, 3.63) is 36.1 Å². The lowest BCUT2D eigenvalue weighted by Gasteiger charge is -2.08. The third-order valence-corrected chi connectivity index (χ3v) is 1.99. The topological polar surface area (TPSA) is 52.3 Å². The van der Waals surface area contributed by atoms with Crippen molar-refractivity contribution >= 4 is 6.29 Å².